The van der Waals surface area contributed by atoms with E-state index in [9.17, 15) is 4.79 Å². The van der Waals surface area contributed by atoms with Crippen LogP contribution in [0, 0.1) is 6.92 Å². The summed E-state index contributed by atoms with van der Waals surface area (Å²) >= 11 is 0. The number of nitrogens with one attached hydrogen (secondary N) is 1. The Hall–Kier alpha value is -3.35. The molecule has 2 aromatic carbocycles. The van der Waals surface area contributed by atoms with E-state index in [4.69, 9.17) is 13.9 Å². The van der Waals surface area contributed by atoms with Gasteiger partial charge in [0.2, 0.25) is 11.8 Å². The number of anilines is 1. The number of amides is 1. The molecule has 0 saturated carbocycles. The first-order chi connectivity index (χ1) is 13.1. The van der Waals surface area contributed by atoms with Gasteiger partial charge in [0.15, 0.2) is 0 Å². The van der Waals surface area contributed by atoms with Crippen LogP contribution in [0.25, 0.3) is 11.5 Å². The molecule has 7 heteroatoms. The minimum atomic E-state index is -0.235. The maximum atomic E-state index is 12.2. The van der Waals surface area contributed by atoms with E-state index in [1.807, 2.05) is 56.3 Å². The zero-order chi connectivity index (χ0) is 19.2. The summed E-state index contributed by atoms with van der Waals surface area (Å²) in [7, 11) is 1.62. The maximum absolute atomic E-state index is 12.2. The number of methoxy groups -OCH3 is 1. The van der Waals surface area contributed by atoms with E-state index in [2.05, 4.69) is 15.5 Å². The molecule has 1 aromatic heterocycles. The van der Waals surface area contributed by atoms with Crippen LogP contribution in [0.3, 0.4) is 0 Å². The largest absolute Gasteiger partial charge is 0.496 e. The number of ether oxygens (including phenoxy) is 2. The molecule has 0 unspecified atom stereocenters. The third kappa shape index (κ3) is 4.63. The van der Waals surface area contributed by atoms with Gasteiger partial charge in [-0.25, -0.2) is 0 Å². The number of rotatable bonds is 7. The number of aromatic nitrogens is 2. The van der Waals surface area contributed by atoms with Crippen molar-refractivity contribution in [1.82, 2.24) is 10.2 Å². The molecule has 0 aliphatic rings. The molecule has 0 radical (unpaired) electrons. The minimum Gasteiger partial charge on any atom is -0.496 e. The third-order valence-corrected chi connectivity index (χ3v) is 3.91. The summed E-state index contributed by atoms with van der Waals surface area (Å²) in [5.41, 5.74) is 2.59. The standard InChI is InChI=1S/C20H21N3O4/c1-4-26-16-8-6-15(7-9-16)19-22-23-20(27-19)21-18(24)12-14-5-10-17(25-3)13(2)11-14/h5-11H,4,12H2,1-3H3,(H,21,23,24). The highest BCUT2D eigenvalue weighted by Gasteiger charge is 2.12. The van der Waals surface area contributed by atoms with Gasteiger partial charge in [-0.05, 0) is 55.3 Å². The van der Waals surface area contributed by atoms with E-state index in [1.165, 1.54) is 0 Å². The molecular formula is C20H21N3O4. The SMILES string of the molecule is CCOc1ccc(-c2nnc(NC(=O)Cc3ccc(OC)c(C)c3)o2)cc1. The zero-order valence-corrected chi connectivity index (χ0v) is 15.5. The molecule has 0 fully saturated rings. The van der Waals surface area contributed by atoms with E-state index >= 15 is 0 Å². The predicted octanol–water partition coefficient (Wildman–Crippen LogP) is 3.63. The van der Waals surface area contributed by atoms with Crippen LogP contribution in [0.2, 0.25) is 0 Å². The second kappa shape index (κ2) is 8.35. The van der Waals surface area contributed by atoms with E-state index in [-0.39, 0.29) is 18.3 Å². The Balaban J connectivity index is 1.63. The molecule has 1 amide bonds. The number of benzene rings is 2. The van der Waals surface area contributed by atoms with E-state index < -0.39 is 0 Å². The number of hydrogen-bond donors (Lipinski definition) is 1. The van der Waals surface area contributed by atoms with Crippen LogP contribution in [0.1, 0.15) is 18.1 Å². The molecule has 0 aliphatic carbocycles. The molecule has 0 bridgehead atoms. The maximum Gasteiger partial charge on any atom is 0.322 e. The fourth-order valence-corrected chi connectivity index (χ4v) is 2.65. The normalized spacial score (nSPS) is 10.5. The molecule has 7 nitrogen and oxygen atoms in total. The van der Waals surface area contributed by atoms with Crippen molar-refractivity contribution in [1.29, 1.82) is 0 Å². The van der Waals surface area contributed by atoms with E-state index in [0.717, 1.165) is 28.2 Å². The Morgan fingerprint density at radius 1 is 1.15 bits per heavy atom. The van der Waals surface area contributed by atoms with Crippen molar-refractivity contribution >= 4 is 11.9 Å². The number of nitrogens with zero attached hydrogens (tertiary/aromatic N) is 2. The Bertz CT molecular complexity index is 919. The van der Waals surface area contributed by atoms with Crippen LogP contribution >= 0.6 is 0 Å². The summed E-state index contributed by atoms with van der Waals surface area (Å²) in [5.74, 6) is 1.65. The van der Waals surface area contributed by atoms with Gasteiger partial charge in [-0.3, -0.25) is 10.1 Å². The molecular weight excluding hydrogens is 346 g/mol. The summed E-state index contributed by atoms with van der Waals surface area (Å²) < 4.78 is 16.2. The second-order valence-corrected chi connectivity index (χ2v) is 5.90. The van der Waals surface area contributed by atoms with Crippen LogP contribution in [-0.4, -0.2) is 29.8 Å². The summed E-state index contributed by atoms with van der Waals surface area (Å²) in [6.07, 6.45) is 0.200. The first-order valence-corrected chi connectivity index (χ1v) is 8.59. The Labute approximate surface area is 157 Å². The molecule has 27 heavy (non-hydrogen) atoms. The highest BCUT2D eigenvalue weighted by atomic mass is 16.5. The third-order valence-electron chi connectivity index (χ3n) is 3.91. The number of hydrogen-bond acceptors (Lipinski definition) is 6. The fourth-order valence-electron chi connectivity index (χ4n) is 2.65. The van der Waals surface area contributed by atoms with Crippen molar-refractivity contribution in [3.63, 3.8) is 0 Å². The fraction of sp³-hybridized carbons (Fsp3) is 0.250. The first-order valence-electron chi connectivity index (χ1n) is 8.59. The van der Waals surface area contributed by atoms with Crippen LogP contribution < -0.4 is 14.8 Å². The van der Waals surface area contributed by atoms with Crippen LogP contribution in [0.4, 0.5) is 6.01 Å². The van der Waals surface area contributed by atoms with Crippen molar-refractivity contribution in [2.75, 3.05) is 19.0 Å². The average Bonchev–Trinajstić information content (AvgIpc) is 3.11. The predicted molar refractivity (Wildman–Crippen MR) is 101 cm³/mol. The lowest BCUT2D eigenvalue weighted by Gasteiger charge is -2.07. The first kappa shape index (κ1) is 18.4. The highest BCUT2D eigenvalue weighted by Crippen LogP contribution is 2.23. The molecule has 0 aliphatic heterocycles. The summed E-state index contributed by atoms with van der Waals surface area (Å²) in [6.45, 7) is 4.46. The van der Waals surface area contributed by atoms with E-state index in [0.29, 0.717) is 12.5 Å². The Morgan fingerprint density at radius 2 is 1.93 bits per heavy atom. The van der Waals surface area contributed by atoms with Gasteiger partial charge in [0.1, 0.15) is 11.5 Å². The Kier molecular flexibility index (Phi) is 5.71. The number of carbonyl (C=O) groups excluding carboxylic acids is 1. The lowest BCUT2D eigenvalue weighted by atomic mass is 10.1. The smallest absolute Gasteiger partial charge is 0.322 e. The number of carbonyl (C=O) groups is 1. The lowest BCUT2D eigenvalue weighted by molar-refractivity contribution is -0.115. The van der Waals surface area contributed by atoms with Gasteiger partial charge in [0, 0.05) is 5.56 Å². The monoisotopic (exact) mass is 367 g/mol. The van der Waals surface area contributed by atoms with E-state index in [1.54, 1.807) is 7.11 Å². The van der Waals surface area contributed by atoms with Crippen molar-refractivity contribution in [2.24, 2.45) is 0 Å². The number of aryl methyl sites for hydroxylation is 1. The molecule has 0 spiro atoms. The molecule has 3 aromatic rings. The topological polar surface area (TPSA) is 86.5 Å². The van der Waals surface area contributed by atoms with Crippen molar-refractivity contribution < 1.29 is 18.7 Å². The van der Waals surface area contributed by atoms with Crippen molar-refractivity contribution in [3.8, 4) is 23.0 Å². The molecule has 1 N–H and O–H groups in total. The molecule has 0 atom stereocenters. The highest BCUT2D eigenvalue weighted by molar-refractivity contribution is 5.90. The molecule has 1 heterocycles. The average molecular weight is 367 g/mol. The van der Waals surface area contributed by atoms with Gasteiger partial charge in [-0.2, -0.15) is 0 Å². The van der Waals surface area contributed by atoms with Gasteiger partial charge >= 0.3 is 6.01 Å². The minimum absolute atomic E-state index is 0.0640. The quantitative estimate of drug-likeness (QED) is 0.686. The zero-order valence-electron chi connectivity index (χ0n) is 15.5. The lowest BCUT2D eigenvalue weighted by Crippen LogP contribution is -2.14. The van der Waals surface area contributed by atoms with Crippen LogP contribution in [0.15, 0.2) is 46.9 Å². The summed E-state index contributed by atoms with van der Waals surface area (Å²) in [6, 6.07) is 13.0. The van der Waals surface area contributed by atoms with Gasteiger partial charge in [0.25, 0.3) is 0 Å². The van der Waals surface area contributed by atoms with Gasteiger partial charge < -0.3 is 13.9 Å². The molecule has 140 valence electrons. The van der Waals surface area contributed by atoms with Crippen molar-refractivity contribution in [3.05, 3.63) is 53.6 Å². The summed E-state index contributed by atoms with van der Waals surface area (Å²) in [5, 5.41) is 10.5. The summed E-state index contributed by atoms with van der Waals surface area (Å²) in [4.78, 5) is 12.2. The van der Waals surface area contributed by atoms with Crippen molar-refractivity contribution in [2.45, 2.75) is 20.3 Å². The second-order valence-electron chi connectivity index (χ2n) is 5.90. The van der Waals surface area contributed by atoms with Gasteiger partial charge in [0.05, 0.1) is 20.1 Å². The van der Waals surface area contributed by atoms with Gasteiger partial charge in [-0.15, -0.1) is 5.10 Å². The van der Waals surface area contributed by atoms with Crippen LogP contribution in [0.5, 0.6) is 11.5 Å². The molecule has 3 rings (SSSR count). The van der Waals surface area contributed by atoms with Crippen LogP contribution in [-0.2, 0) is 11.2 Å². The van der Waals surface area contributed by atoms with Gasteiger partial charge in [-0.1, -0.05) is 17.2 Å². The molecule has 0 saturated heterocycles. The Morgan fingerprint density at radius 3 is 2.59 bits per heavy atom.